The Hall–Kier alpha value is -1.57. The second-order valence-electron chi connectivity index (χ2n) is 3.90. The van der Waals surface area contributed by atoms with Crippen LogP contribution in [0.3, 0.4) is 0 Å². The molecule has 0 N–H and O–H groups in total. The Morgan fingerprint density at radius 2 is 1.80 bits per heavy atom. The number of hydrogen-bond acceptors (Lipinski definition) is 2. The summed E-state index contributed by atoms with van der Waals surface area (Å²) >= 11 is 6.94. The molecule has 4 heteroatoms. The van der Waals surface area contributed by atoms with E-state index in [-0.39, 0.29) is 6.61 Å². The third kappa shape index (κ3) is 3.96. The summed E-state index contributed by atoms with van der Waals surface area (Å²) < 4.78 is 7.12. The molecule has 100 valence electrons. The molecule has 0 aliphatic carbocycles. The summed E-state index contributed by atoms with van der Waals surface area (Å²) in [5, 5.41) is 0. The van der Waals surface area contributed by atoms with Gasteiger partial charge in [0.15, 0.2) is 0 Å². The van der Waals surface area contributed by atoms with Crippen LogP contribution in [0.5, 0.6) is 5.75 Å². The van der Waals surface area contributed by atoms with Crippen LogP contribution in [0, 0.1) is 12.3 Å². The molecule has 0 aliphatic rings. The Morgan fingerprint density at radius 1 is 1.15 bits per heavy atom. The van der Waals surface area contributed by atoms with Crippen LogP contribution in [0.15, 0.2) is 56.4 Å². The Morgan fingerprint density at radius 3 is 2.40 bits per heavy atom. The average Bonchev–Trinajstić information content (AvgIpc) is 2.45. The van der Waals surface area contributed by atoms with Crippen LogP contribution in [0.2, 0.25) is 0 Å². The molecular formula is C16H11Br2NO. The molecule has 0 amide bonds. The third-order valence-electron chi connectivity index (χ3n) is 2.44. The highest BCUT2D eigenvalue weighted by Crippen LogP contribution is 2.34. The zero-order valence-corrected chi connectivity index (χ0v) is 13.7. The molecule has 0 saturated carbocycles. The highest BCUT2D eigenvalue weighted by molar-refractivity contribution is 9.11. The van der Waals surface area contributed by atoms with Gasteiger partial charge < -0.3 is 4.74 Å². The van der Waals surface area contributed by atoms with Gasteiger partial charge in [-0.05, 0) is 61.7 Å². The Bertz CT molecular complexity index is 637. The van der Waals surface area contributed by atoms with Crippen LogP contribution < -0.4 is 4.74 Å². The normalized spacial score (nSPS) is 10.4. The third-order valence-corrected chi connectivity index (χ3v) is 3.62. The topological polar surface area (TPSA) is 21.6 Å². The van der Waals surface area contributed by atoms with Gasteiger partial charge in [-0.1, -0.05) is 24.1 Å². The zero-order valence-electron chi connectivity index (χ0n) is 10.5. The molecule has 0 spiro atoms. The van der Waals surface area contributed by atoms with Gasteiger partial charge in [-0.15, -0.1) is 6.42 Å². The van der Waals surface area contributed by atoms with Crippen LogP contribution in [0.25, 0.3) is 0 Å². The first kappa shape index (κ1) is 14.8. The molecule has 0 aromatic heterocycles. The summed E-state index contributed by atoms with van der Waals surface area (Å²) in [5.74, 6) is 3.14. The van der Waals surface area contributed by atoms with E-state index in [0.29, 0.717) is 5.75 Å². The van der Waals surface area contributed by atoms with Crippen molar-refractivity contribution in [2.45, 2.75) is 0 Å². The maximum absolute atomic E-state index is 5.46. The number of terminal acetylenes is 1. The van der Waals surface area contributed by atoms with Crippen LogP contribution in [0.4, 0.5) is 5.69 Å². The first-order chi connectivity index (χ1) is 9.70. The van der Waals surface area contributed by atoms with E-state index >= 15 is 0 Å². The molecule has 0 unspecified atom stereocenters. The lowest BCUT2D eigenvalue weighted by molar-refractivity contribution is 0.365. The van der Waals surface area contributed by atoms with Gasteiger partial charge in [0.05, 0.1) is 14.6 Å². The molecular weight excluding hydrogens is 382 g/mol. The summed E-state index contributed by atoms with van der Waals surface area (Å²) in [6, 6.07) is 13.6. The van der Waals surface area contributed by atoms with Gasteiger partial charge in [-0.3, -0.25) is 4.99 Å². The smallest absolute Gasteiger partial charge is 0.149 e. The number of para-hydroxylation sites is 1. The predicted molar refractivity (Wildman–Crippen MR) is 89.9 cm³/mol. The van der Waals surface area contributed by atoms with Crippen molar-refractivity contribution in [1.82, 2.24) is 0 Å². The van der Waals surface area contributed by atoms with Crippen molar-refractivity contribution in [3.05, 3.63) is 57.0 Å². The van der Waals surface area contributed by atoms with Crippen LogP contribution >= 0.6 is 31.9 Å². The molecule has 0 fully saturated rings. The van der Waals surface area contributed by atoms with E-state index in [2.05, 4.69) is 42.8 Å². The van der Waals surface area contributed by atoms with Crippen molar-refractivity contribution in [2.75, 3.05) is 6.61 Å². The molecule has 0 saturated heterocycles. The minimum atomic E-state index is 0.231. The number of ether oxygens (including phenoxy) is 1. The first-order valence-corrected chi connectivity index (χ1v) is 7.43. The second-order valence-corrected chi connectivity index (χ2v) is 5.61. The van der Waals surface area contributed by atoms with Crippen LogP contribution in [0.1, 0.15) is 5.56 Å². The van der Waals surface area contributed by atoms with E-state index in [1.807, 2.05) is 42.5 Å². The largest absolute Gasteiger partial charge is 0.479 e. The van der Waals surface area contributed by atoms with E-state index < -0.39 is 0 Å². The molecule has 0 bridgehead atoms. The molecule has 20 heavy (non-hydrogen) atoms. The van der Waals surface area contributed by atoms with E-state index in [4.69, 9.17) is 11.2 Å². The minimum Gasteiger partial charge on any atom is -0.479 e. The van der Waals surface area contributed by atoms with Gasteiger partial charge in [0, 0.05) is 6.21 Å². The second kappa shape index (κ2) is 7.28. The van der Waals surface area contributed by atoms with Gasteiger partial charge in [-0.2, -0.15) is 0 Å². The molecule has 0 aliphatic heterocycles. The standard InChI is InChI=1S/C16H11Br2NO/c1-2-8-20-16-14(17)9-12(10-15(16)18)11-19-13-6-4-3-5-7-13/h1,3-7,9-11H,8H2. The maximum Gasteiger partial charge on any atom is 0.149 e. The van der Waals surface area contributed by atoms with Crippen molar-refractivity contribution in [3.63, 3.8) is 0 Å². The number of hydrogen-bond donors (Lipinski definition) is 0. The monoisotopic (exact) mass is 391 g/mol. The molecule has 2 aromatic rings. The van der Waals surface area contributed by atoms with E-state index in [1.165, 1.54) is 0 Å². The van der Waals surface area contributed by atoms with Crippen molar-refractivity contribution < 1.29 is 4.74 Å². The minimum absolute atomic E-state index is 0.231. The van der Waals surface area contributed by atoms with Gasteiger partial charge in [0.25, 0.3) is 0 Å². The van der Waals surface area contributed by atoms with Gasteiger partial charge in [-0.25, -0.2) is 0 Å². The van der Waals surface area contributed by atoms with Gasteiger partial charge in [0.1, 0.15) is 12.4 Å². The fraction of sp³-hybridized carbons (Fsp3) is 0.0625. The summed E-state index contributed by atoms with van der Waals surface area (Å²) in [6.07, 6.45) is 6.99. The highest BCUT2D eigenvalue weighted by Gasteiger charge is 2.07. The van der Waals surface area contributed by atoms with Crippen molar-refractivity contribution in [2.24, 2.45) is 4.99 Å². The number of aliphatic imine (C=N–C) groups is 1. The SMILES string of the molecule is C#CCOc1c(Br)cc(C=Nc2ccccc2)cc1Br. The average molecular weight is 393 g/mol. The molecule has 0 radical (unpaired) electrons. The summed E-state index contributed by atoms with van der Waals surface area (Å²) in [5.41, 5.74) is 1.87. The van der Waals surface area contributed by atoms with E-state index in [1.54, 1.807) is 6.21 Å². The summed E-state index contributed by atoms with van der Waals surface area (Å²) in [6.45, 7) is 0.231. The van der Waals surface area contributed by atoms with E-state index in [9.17, 15) is 0 Å². The molecule has 2 aromatic carbocycles. The molecule has 0 atom stereocenters. The predicted octanol–water partition coefficient (Wildman–Crippen LogP) is 4.97. The Kier molecular flexibility index (Phi) is 5.40. The lowest BCUT2D eigenvalue weighted by Gasteiger charge is -2.08. The Labute approximate surface area is 135 Å². The quantitative estimate of drug-likeness (QED) is 0.531. The number of halogens is 2. The lowest BCUT2D eigenvalue weighted by atomic mass is 10.2. The van der Waals surface area contributed by atoms with Crippen molar-refractivity contribution >= 4 is 43.8 Å². The lowest BCUT2D eigenvalue weighted by Crippen LogP contribution is -1.96. The first-order valence-electron chi connectivity index (χ1n) is 5.85. The number of benzene rings is 2. The zero-order chi connectivity index (χ0) is 14.4. The number of nitrogens with zero attached hydrogens (tertiary/aromatic N) is 1. The van der Waals surface area contributed by atoms with Crippen LogP contribution in [-0.4, -0.2) is 12.8 Å². The maximum atomic E-state index is 5.46. The summed E-state index contributed by atoms with van der Waals surface area (Å²) in [7, 11) is 0. The van der Waals surface area contributed by atoms with E-state index in [0.717, 1.165) is 20.2 Å². The molecule has 2 nitrogen and oxygen atoms in total. The van der Waals surface area contributed by atoms with Crippen LogP contribution in [-0.2, 0) is 0 Å². The fourth-order valence-electron chi connectivity index (χ4n) is 1.57. The summed E-state index contributed by atoms with van der Waals surface area (Å²) in [4.78, 5) is 4.41. The fourth-order valence-corrected chi connectivity index (χ4v) is 3.02. The Balaban J connectivity index is 2.22. The highest BCUT2D eigenvalue weighted by atomic mass is 79.9. The van der Waals surface area contributed by atoms with Crippen molar-refractivity contribution in [3.8, 4) is 18.1 Å². The van der Waals surface area contributed by atoms with Gasteiger partial charge in [0.2, 0.25) is 0 Å². The number of rotatable bonds is 4. The van der Waals surface area contributed by atoms with Gasteiger partial charge >= 0.3 is 0 Å². The van der Waals surface area contributed by atoms with Crippen molar-refractivity contribution in [1.29, 1.82) is 0 Å². The molecule has 0 heterocycles. The molecule has 2 rings (SSSR count).